The van der Waals surface area contributed by atoms with Crippen LogP contribution >= 0.6 is 11.3 Å². The molecule has 1 saturated heterocycles. The lowest BCUT2D eigenvalue weighted by Crippen LogP contribution is -2.41. The molecule has 6 heteroatoms. The molecule has 146 valence electrons. The van der Waals surface area contributed by atoms with E-state index in [0.29, 0.717) is 6.54 Å². The Kier molecular flexibility index (Phi) is 5.31. The molecule has 0 atom stereocenters. The molecule has 3 aromatic rings. The number of aromatic nitrogens is 2. The maximum atomic E-state index is 12.8. The molecular weight excluding hydrogens is 368 g/mol. The first-order chi connectivity index (χ1) is 13.5. The third-order valence-corrected chi connectivity index (χ3v) is 6.27. The summed E-state index contributed by atoms with van der Waals surface area (Å²) in [6.45, 7) is 6.46. The summed E-state index contributed by atoms with van der Waals surface area (Å²) in [5, 5.41) is 5.27. The highest BCUT2D eigenvalue weighted by Gasteiger charge is 2.28. The van der Waals surface area contributed by atoms with Crippen molar-refractivity contribution in [3.8, 4) is 0 Å². The Labute approximate surface area is 170 Å². The highest BCUT2D eigenvalue weighted by molar-refractivity contribution is 7.07. The number of anilines is 1. The van der Waals surface area contributed by atoms with E-state index in [2.05, 4.69) is 46.8 Å². The van der Waals surface area contributed by atoms with Gasteiger partial charge in [-0.1, -0.05) is 11.6 Å². The first kappa shape index (κ1) is 18.9. The van der Waals surface area contributed by atoms with Crippen molar-refractivity contribution in [3.63, 3.8) is 0 Å². The second-order valence-electron chi connectivity index (χ2n) is 7.72. The minimum atomic E-state index is 0.0871. The largest absolute Gasteiger partial charge is 0.341 e. The number of benzene rings is 1. The molecule has 2 aromatic heterocycles. The second kappa shape index (κ2) is 7.87. The van der Waals surface area contributed by atoms with Crippen molar-refractivity contribution in [3.05, 3.63) is 51.8 Å². The Morgan fingerprint density at radius 3 is 2.71 bits per heavy atom. The maximum absolute atomic E-state index is 12.8. The van der Waals surface area contributed by atoms with Gasteiger partial charge in [-0.25, -0.2) is 9.97 Å². The van der Waals surface area contributed by atoms with Gasteiger partial charge in [0, 0.05) is 38.0 Å². The molecule has 0 N–H and O–H groups in total. The van der Waals surface area contributed by atoms with Crippen LogP contribution in [0.15, 0.2) is 35.0 Å². The van der Waals surface area contributed by atoms with E-state index in [1.165, 1.54) is 11.1 Å². The van der Waals surface area contributed by atoms with Crippen LogP contribution in [0.4, 0.5) is 5.95 Å². The summed E-state index contributed by atoms with van der Waals surface area (Å²) < 4.78 is 0. The number of nitrogens with zero attached hydrogens (tertiary/aromatic N) is 4. The molecule has 28 heavy (non-hydrogen) atoms. The van der Waals surface area contributed by atoms with Crippen molar-refractivity contribution in [1.29, 1.82) is 0 Å². The minimum absolute atomic E-state index is 0.0871. The van der Waals surface area contributed by atoms with E-state index in [4.69, 9.17) is 9.97 Å². The van der Waals surface area contributed by atoms with Crippen molar-refractivity contribution in [1.82, 2.24) is 14.9 Å². The predicted octanol–water partition coefficient (Wildman–Crippen LogP) is 4.18. The van der Waals surface area contributed by atoms with E-state index in [9.17, 15) is 4.79 Å². The zero-order valence-corrected chi connectivity index (χ0v) is 17.5. The molecule has 0 unspecified atom stereocenters. The van der Waals surface area contributed by atoms with Gasteiger partial charge in [0.1, 0.15) is 0 Å². The van der Waals surface area contributed by atoms with Crippen LogP contribution in [0.25, 0.3) is 10.9 Å². The SMILES string of the molecule is Cc1ccc2nc(N3CCC(C(=O)N(C)Cc4ccsc4)CC3)nc(C)c2c1. The highest BCUT2D eigenvalue weighted by Crippen LogP contribution is 2.26. The average Bonchev–Trinajstić information content (AvgIpc) is 3.21. The molecule has 1 amide bonds. The zero-order valence-electron chi connectivity index (χ0n) is 16.7. The topological polar surface area (TPSA) is 49.3 Å². The van der Waals surface area contributed by atoms with Crippen molar-refractivity contribution >= 4 is 34.1 Å². The van der Waals surface area contributed by atoms with Crippen LogP contribution in [0.3, 0.4) is 0 Å². The molecule has 1 aliphatic heterocycles. The van der Waals surface area contributed by atoms with E-state index in [1.54, 1.807) is 11.3 Å². The van der Waals surface area contributed by atoms with Crippen LogP contribution in [0, 0.1) is 19.8 Å². The first-order valence-electron chi connectivity index (χ1n) is 9.77. The summed E-state index contributed by atoms with van der Waals surface area (Å²) in [4.78, 5) is 26.4. The van der Waals surface area contributed by atoms with E-state index >= 15 is 0 Å². The minimum Gasteiger partial charge on any atom is -0.341 e. The van der Waals surface area contributed by atoms with Gasteiger partial charge < -0.3 is 9.80 Å². The standard InChI is InChI=1S/C22H26N4OS/c1-15-4-5-20-19(12-15)16(2)23-22(24-20)26-9-6-18(7-10-26)21(27)25(3)13-17-8-11-28-14-17/h4-5,8,11-12,14,18H,6-7,9-10,13H2,1-3H3. The second-order valence-corrected chi connectivity index (χ2v) is 8.50. The number of hydrogen-bond donors (Lipinski definition) is 0. The predicted molar refractivity (Wildman–Crippen MR) is 115 cm³/mol. The van der Waals surface area contributed by atoms with E-state index in [-0.39, 0.29) is 11.8 Å². The van der Waals surface area contributed by atoms with E-state index in [1.807, 2.05) is 18.9 Å². The van der Waals surface area contributed by atoms with Crippen LogP contribution < -0.4 is 4.90 Å². The lowest BCUT2D eigenvalue weighted by Gasteiger charge is -2.33. The normalized spacial score (nSPS) is 15.2. The van der Waals surface area contributed by atoms with Gasteiger partial charge in [0.2, 0.25) is 11.9 Å². The van der Waals surface area contributed by atoms with Crippen LogP contribution in [-0.2, 0) is 11.3 Å². The van der Waals surface area contributed by atoms with Gasteiger partial charge in [-0.05, 0) is 61.2 Å². The van der Waals surface area contributed by atoms with Gasteiger partial charge >= 0.3 is 0 Å². The average molecular weight is 395 g/mol. The van der Waals surface area contributed by atoms with Crippen molar-refractivity contribution in [2.75, 3.05) is 25.0 Å². The van der Waals surface area contributed by atoms with Crippen molar-refractivity contribution in [2.24, 2.45) is 5.92 Å². The fourth-order valence-corrected chi connectivity index (χ4v) is 4.55. The fraction of sp³-hybridized carbons (Fsp3) is 0.409. The van der Waals surface area contributed by atoms with Crippen LogP contribution in [-0.4, -0.2) is 40.9 Å². The Hall–Kier alpha value is -2.47. The molecule has 0 saturated carbocycles. The smallest absolute Gasteiger partial charge is 0.226 e. The van der Waals surface area contributed by atoms with Gasteiger partial charge in [-0.15, -0.1) is 0 Å². The quantitative estimate of drug-likeness (QED) is 0.666. The first-order valence-corrected chi connectivity index (χ1v) is 10.7. The number of aryl methyl sites for hydroxylation is 2. The molecule has 0 bridgehead atoms. The number of fused-ring (bicyclic) bond motifs is 1. The Balaban J connectivity index is 1.42. The third kappa shape index (κ3) is 3.87. The summed E-state index contributed by atoms with van der Waals surface area (Å²) in [7, 11) is 1.91. The number of hydrogen-bond acceptors (Lipinski definition) is 5. The van der Waals surface area contributed by atoms with E-state index in [0.717, 1.165) is 48.5 Å². The zero-order chi connectivity index (χ0) is 19.7. The number of thiophene rings is 1. The summed E-state index contributed by atoms with van der Waals surface area (Å²) in [6, 6.07) is 8.38. The van der Waals surface area contributed by atoms with Crippen LogP contribution in [0.2, 0.25) is 0 Å². The molecule has 1 aliphatic rings. The summed E-state index contributed by atoms with van der Waals surface area (Å²) in [5.41, 5.74) is 4.42. The fourth-order valence-electron chi connectivity index (χ4n) is 3.89. The Morgan fingerprint density at radius 2 is 2.00 bits per heavy atom. The van der Waals surface area contributed by atoms with Gasteiger partial charge in [0.15, 0.2) is 0 Å². The molecule has 1 fully saturated rings. The molecular formula is C22H26N4OS. The summed E-state index contributed by atoms with van der Waals surface area (Å²) >= 11 is 1.67. The van der Waals surface area contributed by atoms with Gasteiger partial charge in [-0.2, -0.15) is 11.3 Å². The lowest BCUT2D eigenvalue weighted by atomic mass is 9.95. The number of carbonyl (C=O) groups excluding carboxylic acids is 1. The van der Waals surface area contributed by atoms with Gasteiger partial charge in [0.05, 0.1) is 11.2 Å². The molecule has 1 aromatic carbocycles. The summed E-state index contributed by atoms with van der Waals surface area (Å²) in [5.74, 6) is 1.12. The summed E-state index contributed by atoms with van der Waals surface area (Å²) in [6.07, 6.45) is 1.70. The number of carbonyl (C=O) groups is 1. The molecule has 0 spiro atoms. The Morgan fingerprint density at radius 1 is 1.21 bits per heavy atom. The molecule has 4 rings (SSSR count). The van der Waals surface area contributed by atoms with E-state index < -0.39 is 0 Å². The Bertz CT molecular complexity index is 978. The van der Waals surface area contributed by atoms with Gasteiger partial charge in [0.25, 0.3) is 0 Å². The molecule has 0 radical (unpaired) electrons. The molecule has 0 aliphatic carbocycles. The lowest BCUT2D eigenvalue weighted by molar-refractivity contribution is -0.135. The monoisotopic (exact) mass is 394 g/mol. The van der Waals surface area contributed by atoms with Crippen LogP contribution in [0.5, 0.6) is 0 Å². The van der Waals surface area contributed by atoms with Crippen molar-refractivity contribution < 1.29 is 4.79 Å². The van der Waals surface area contributed by atoms with Crippen molar-refractivity contribution in [2.45, 2.75) is 33.2 Å². The van der Waals surface area contributed by atoms with Crippen LogP contribution in [0.1, 0.15) is 29.7 Å². The number of amides is 1. The number of piperidine rings is 1. The third-order valence-electron chi connectivity index (χ3n) is 5.53. The molecule has 3 heterocycles. The maximum Gasteiger partial charge on any atom is 0.226 e. The highest BCUT2D eigenvalue weighted by atomic mass is 32.1. The van der Waals surface area contributed by atoms with Gasteiger partial charge in [-0.3, -0.25) is 4.79 Å². The molecule has 5 nitrogen and oxygen atoms in total. The number of rotatable bonds is 4.